The number of carbonyl (C=O) groups excluding carboxylic acids is 1. The Hall–Kier alpha value is -2.10. The number of nitrogens with zero attached hydrogens (tertiary/aromatic N) is 1. The van der Waals surface area contributed by atoms with Gasteiger partial charge < -0.3 is 9.15 Å². The van der Waals surface area contributed by atoms with Crippen molar-refractivity contribution in [1.29, 1.82) is 0 Å². The molecule has 4 nitrogen and oxygen atoms in total. The Balaban J connectivity index is 2.09. The highest BCUT2D eigenvalue weighted by Crippen LogP contribution is 2.21. The van der Waals surface area contributed by atoms with Gasteiger partial charge in [-0.25, -0.2) is 4.79 Å². The molecule has 2 heterocycles. The third-order valence-electron chi connectivity index (χ3n) is 2.84. The smallest absolute Gasteiger partial charge is 0.342 e. The van der Waals surface area contributed by atoms with Gasteiger partial charge in [-0.1, -0.05) is 6.07 Å². The van der Waals surface area contributed by atoms with Crippen molar-refractivity contribution >= 4 is 5.97 Å². The van der Waals surface area contributed by atoms with E-state index in [2.05, 4.69) is 4.98 Å². The highest BCUT2D eigenvalue weighted by atomic mass is 16.5. The highest BCUT2D eigenvalue weighted by molar-refractivity contribution is 5.92. The van der Waals surface area contributed by atoms with E-state index in [1.807, 2.05) is 32.0 Å². The number of pyridine rings is 1. The van der Waals surface area contributed by atoms with Gasteiger partial charge in [-0.05, 0) is 32.9 Å². The summed E-state index contributed by atoms with van der Waals surface area (Å²) in [6.45, 7) is 5.61. The van der Waals surface area contributed by atoms with Crippen molar-refractivity contribution in [1.82, 2.24) is 4.98 Å². The SMILES string of the molecule is Cc1oc(C)c(C(=O)OCc2ccccn2)c1C. The molecule has 0 fully saturated rings. The standard InChI is InChI=1S/C14H15NO3/c1-9-10(2)18-11(3)13(9)14(16)17-8-12-6-4-5-7-15-12/h4-7H,8H2,1-3H3. The van der Waals surface area contributed by atoms with Crippen LogP contribution in [0, 0.1) is 20.8 Å². The molecule has 2 rings (SSSR count). The van der Waals surface area contributed by atoms with Crippen molar-refractivity contribution in [2.75, 3.05) is 0 Å². The first-order valence-electron chi connectivity index (χ1n) is 5.73. The predicted molar refractivity (Wildman–Crippen MR) is 66.3 cm³/mol. The van der Waals surface area contributed by atoms with Crippen LogP contribution in [0.15, 0.2) is 28.8 Å². The van der Waals surface area contributed by atoms with Gasteiger partial charge in [0.25, 0.3) is 0 Å². The maximum absolute atomic E-state index is 12.0. The number of ether oxygens (including phenoxy) is 1. The van der Waals surface area contributed by atoms with Crippen LogP contribution in [-0.4, -0.2) is 11.0 Å². The second-order valence-corrected chi connectivity index (χ2v) is 4.11. The molecule has 0 radical (unpaired) electrons. The van der Waals surface area contributed by atoms with Crippen LogP contribution < -0.4 is 0 Å². The molecule has 2 aromatic heterocycles. The fraction of sp³-hybridized carbons (Fsp3) is 0.286. The molecule has 0 spiro atoms. The molecule has 0 aliphatic rings. The van der Waals surface area contributed by atoms with Gasteiger partial charge in [0.05, 0.1) is 5.69 Å². The minimum absolute atomic E-state index is 0.169. The molecule has 0 saturated carbocycles. The molecule has 0 saturated heterocycles. The molecule has 4 heteroatoms. The molecule has 2 aromatic rings. The Morgan fingerprint density at radius 1 is 1.28 bits per heavy atom. The van der Waals surface area contributed by atoms with Crippen LogP contribution in [0.4, 0.5) is 0 Å². The summed E-state index contributed by atoms with van der Waals surface area (Å²) < 4.78 is 10.6. The van der Waals surface area contributed by atoms with Crippen molar-refractivity contribution in [3.63, 3.8) is 0 Å². The predicted octanol–water partition coefficient (Wildman–Crippen LogP) is 2.96. The van der Waals surface area contributed by atoms with Gasteiger partial charge in [0.1, 0.15) is 23.7 Å². The second kappa shape index (κ2) is 5.04. The van der Waals surface area contributed by atoms with Crippen LogP contribution in [0.25, 0.3) is 0 Å². The molecule has 0 aromatic carbocycles. The molecule has 0 N–H and O–H groups in total. The van der Waals surface area contributed by atoms with Crippen molar-refractivity contribution in [3.05, 3.63) is 52.7 Å². The molecular formula is C14H15NO3. The quantitative estimate of drug-likeness (QED) is 0.780. The fourth-order valence-electron chi connectivity index (χ4n) is 1.79. The van der Waals surface area contributed by atoms with E-state index in [1.165, 1.54) is 0 Å². The third kappa shape index (κ3) is 2.42. The summed E-state index contributed by atoms with van der Waals surface area (Å²) in [7, 11) is 0. The average Bonchev–Trinajstić information content (AvgIpc) is 2.62. The van der Waals surface area contributed by atoms with Crippen molar-refractivity contribution < 1.29 is 13.9 Å². The fourth-order valence-corrected chi connectivity index (χ4v) is 1.79. The Morgan fingerprint density at radius 2 is 2.06 bits per heavy atom. The van der Waals surface area contributed by atoms with Crippen molar-refractivity contribution in [3.8, 4) is 0 Å². The topological polar surface area (TPSA) is 52.3 Å². The normalized spacial score (nSPS) is 10.4. The molecule has 0 atom stereocenters. The van der Waals surface area contributed by atoms with E-state index in [0.717, 1.165) is 17.0 Å². The summed E-state index contributed by atoms with van der Waals surface area (Å²) in [5, 5.41) is 0. The average molecular weight is 245 g/mol. The molecule has 0 bridgehead atoms. The molecule has 0 aliphatic heterocycles. The van der Waals surface area contributed by atoms with Crippen LogP contribution in [0.3, 0.4) is 0 Å². The first-order valence-corrected chi connectivity index (χ1v) is 5.73. The van der Waals surface area contributed by atoms with Gasteiger partial charge >= 0.3 is 5.97 Å². The number of hydrogen-bond acceptors (Lipinski definition) is 4. The number of esters is 1. The van der Waals surface area contributed by atoms with E-state index in [1.54, 1.807) is 13.1 Å². The van der Waals surface area contributed by atoms with Crippen LogP contribution in [-0.2, 0) is 11.3 Å². The Kier molecular flexibility index (Phi) is 3.46. The Bertz CT molecular complexity index is 558. The first-order chi connectivity index (χ1) is 8.59. The van der Waals surface area contributed by atoms with Gasteiger partial charge in [0.2, 0.25) is 0 Å². The van der Waals surface area contributed by atoms with Gasteiger partial charge in [-0.2, -0.15) is 0 Å². The first kappa shape index (κ1) is 12.4. The number of aromatic nitrogens is 1. The maximum Gasteiger partial charge on any atom is 0.342 e. The summed E-state index contributed by atoms with van der Waals surface area (Å²) in [5.41, 5.74) is 2.07. The minimum atomic E-state index is -0.368. The largest absolute Gasteiger partial charge is 0.465 e. The van der Waals surface area contributed by atoms with E-state index < -0.39 is 0 Å². The van der Waals surface area contributed by atoms with Gasteiger partial charge in [-0.15, -0.1) is 0 Å². The number of carbonyl (C=O) groups is 1. The van der Waals surface area contributed by atoms with E-state index in [9.17, 15) is 4.79 Å². The zero-order chi connectivity index (χ0) is 13.1. The van der Waals surface area contributed by atoms with E-state index >= 15 is 0 Å². The summed E-state index contributed by atoms with van der Waals surface area (Å²) in [6.07, 6.45) is 1.67. The minimum Gasteiger partial charge on any atom is -0.465 e. The van der Waals surface area contributed by atoms with Crippen LogP contribution in [0.1, 0.15) is 33.1 Å². The summed E-state index contributed by atoms with van der Waals surface area (Å²) in [5.74, 6) is 0.973. The molecule has 0 amide bonds. The highest BCUT2D eigenvalue weighted by Gasteiger charge is 2.19. The summed E-state index contributed by atoms with van der Waals surface area (Å²) in [6, 6.07) is 5.49. The molecule has 0 aliphatic carbocycles. The maximum atomic E-state index is 12.0. The molecular weight excluding hydrogens is 230 g/mol. The van der Waals surface area contributed by atoms with E-state index in [0.29, 0.717) is 11.3 Å². The van der Waals surface area contributed by atoms with E-state index in [-0.39, 0.29) is 12.6 Å². The monoisotopic (exact) mass is 245 g/mol. The zero-order valence-corrected chi connectivity index (χ0v) is 10.7. The number of rotatable bonds is 3. The zero-order valence-electron chi connectivity index (χ0n) is 10.7. The number of aryl methyl sites for hydroxylation is 2. The summed E-state index contributed by atoms with van der Waals surface area (Å²) in [4.78, 5) is 16.1. The molecule has 94 valence electrons. The summed E-state index contributed by atoms with van der Waals surface area (Å²) >= 11 is 0. The van der Waals surface area contributed by atoms with Gasteiger partial charge in [0.15, 0.2) is 0 Å². The second-order valence-electron chi connectivity index (χ2n) is 4.11. The molecule has 18 heavy (non-hydrogen) atoms. The van der Waals surface area contributed by atoms with Crippen molar-refractivity contribution in [2.24, 2.45) is 0 Å². The lowest BCUT2D eigenvalue weighted by molar-refractivity contribution is 0.0465. The van der Waals surface area contributed by atoms with Crippen LogP contribution >= 0.6 is 0 Å². The lowest BCUT2D eigenvalue weighted by atomic mass is 10.1. The Labute approximate surface area is 106 Å². The lowest BCUT2D eigenvalue weighted by Crippen LogP contribution is -2.07. The van der Waals surface area contributed by atoms with Gasteiger partial charge in [0, 0.05) is 11.8 Å². The van der Waals surface area contributed by atoms with Crippen molar-refractivity contribution in [2.45, 2.75) is 27.4 Å². The Morgan fingerprint density at radius 3 is 2.61 bits per heavy atom. The van der Waals surface area contributed by atoms with Crippen LogP contribution in [0.2, 0.25) is 0 Å². The van der Waals surface area contributed by atoms with Gasteiger partial charge in [-0.3, -0.25) is 4.98 Å². The van der Waals surface area contributed by atoms with Crippen LogP contribution in [0.5, 0.6) is 0 Å². The lowest BCUT2D eigenvalue weighted by Gasteiger charge is -2.04. The molecule has 0 unspecified atom stereocenters. The number of hydrogen-bond donors (Lipinski definition) is 0. The number of furan rings is 1. The third-order valence-corrected chi connectivity index (χ3v) is 2.84. The van der Waals surface area contributed by atoms with E-state index in [4.69, 9.17) is 9.15 Å².